The Hall–Kier alpha value is -1.89. The maximum Gasteiger partial charge on any atom is 0.324 e. The Bertz CT molecular complexity index is 694. The van der Waals surface area contributed by atoms with Crippen LogP contribution in [0.4, 0.5) is 0 Å². The van der Waals surface area contributed by atoms with E-state index in [9.17, 15) is 18.0 Å². The number of para-hydroxylation sites is 1. The number of Topliss-reactive ketones (excluding diaryl/α,β-unsaturated/α-hetero) is 1. The summed E-state index contributed by atoms with van der Waals surface area (Å²) in [5.74, 6) is -1.26. The summed E-state index contributed by atoms with van der Waals surface area (Å²) in [5, 5.41) is -1.40. The lowest BCUT2D eigenvalue weighted by molar-refractivity contribution is -0.141. The average Bonchev–Trinajstić information content (AvgIpc) is 2.54. The number of carbonyl (C=O) groups excluding carboxylic acids is 2. The van der Waals surface area contributed by atoms with Crippen LogP contribution in [0.3, 0.4) is 0 Å². The van der Waals surface area contributed by atoms with E-state index in [0.29, 0.717) is 19.3 Å². The zero-order valence-corrected chi connectivity index (χ0v) is 14.0. The molecular formula is C16H20O6S. The minimum atomic E-state index is -4.03. The third-order valence-corrected chi connectivity index (χ3v) is 6.29. The molecule has 0 aromatic heterocycles. The summed E-state index contributed by atoms with van der Waals surface area (Å²) in [6.07, 6.45) is 1.59. The van der Waals surface area contributed by atoms with Crippen molar-refractivity contribution in [3.05, 3.63) is 24.3 Å². The predicted molar refractivity (Wildman–Crippen MR) is 82.9 cm³/mol. The maximum absolute atomic E-state index is 13.0. The molecule has 0 saturated heterocycles. The highest BCUT2D eigenvalue weighted by Crippen LogP contribution is 2.35. The highest BCUT2D eigenvalue weighted by atomic mass is 32.2. The van der Waals surface area contributed by atoms with Gasteiger partial charge in [-0.15, -0.1) is 0 Å². The van der Waals surface area contributed by atoms with Crippen LogP contribution in [-0.4, -0.2) is 39.6 Å². The van der Waals surface area contributed by atoms with Gasteiger partial charge in [0.05, 0.1) is 14.2 Å². The van der Waals surface area contributed by atoms with Crippen LogP contribution in [0.1, 0.15) is 25.7 Å². The summed E-state index contributed by atoms with van der Waals surface area (Å²) in [6, 6.07) is 6.13. The lowest BCUT2D eigenvalue weighted by Gasteiger charge is -2.27. The molecule has 2 rings (SSSR count). The van der Waals surface area contributed by atoms with E-state index in [2.05, 4.69) is 0 Å². The van der Waals surface area contributed by atoms with Crippen molar-refractivity contribution in [1.29, 1.82) is 0 Å². The number of hydrogen-bond donors (Lipinski definition) is 0. The highest BCUT2D eigenvalue weighted by Gasteiger charge is 2.44. The average molecular weight is 340 g/mol. The fourth-order valence-electron chi connectivity index (χ4n) is 3.00. The van der Waals surface area contributed by atoms with Gasteiger partial charge in [0.2, 0.25) is 0 Å². The van der Waals surface area contributed by atoms with Crippen LogP contribution in [0.2, 0.25) is 0 Å². The molecule has 2 unspecified atom stereocenters. The van der Waals surface area contributed by atoms with E-state index in [1.165, 1.54) is 19.2 Å². The molecular weight excluding hydrogens is 320 g/mol. The van der Waals surface area contributed by atoms with E-state index in [0.717, 1.165) is 7.11 Å². The molecule has 23 heavy (non-hydrogen) atoms. The summed E-state index contributed by atoms with van der Waals surface area (Å²) in [5.41, 5.74) is 0. The first-order chi connectivity index (χ1) is 10.9. The Morgan fingerprint density at radius 3 is 2.57 bits per heavy atom. The van der Waals surface area contributed by atoms with Gasteiger partial charge < -0.3 is 9.47 Å². The molecule has 0 N–H and O–H groups in total. The van der Waals surface area contributed by atoms with Gasteiger partial charge in [0.25, 0.3) is 0 Å². The van der Waals surface area contributed by atoms with Gasteiger partial charge in [-0.1, -0.05) is 12.1 Å². The number of carbonyl (C=O) groups is 2. The molecule has 0 heterocycles. The van der Waals surface area contributed by atoms with Crippen molar-refractivity contribution >= 4 is 21.6 Å². The molecule has 0 radical (unpaired) electrons. The van der Waals surface area contributed by atoms with Crippen LogP contribution in [0, 0.1) is 5.92 Å². The van der Waals surface area contributed by atoms with Crippen molar-refractivity contribution in [2.24, 2.45) is 5.92 Å². The Labute approximate surface area is 135 Å². The van der Waals surface area contributed by atoms with Crippen LogP contribution in [0.15, 0.2) is 29.2 Å². The van der Waals surface area contributed by atoms with Crippen molar-refractivity contribution in [3.8, 4) is 5.75 Å². The van der Waals surface area contributed by atoms with Crippen LogP contribution in [-0.2, 0) is 24.2 Å². The molecule has 6 nitrogen and oxygen atoms in total. The smallest absolute Gasteiger partial charge is 0.324 e. The van der Waals surface area contributed by atoms with Gasteiger partial charge in [-0.2, -0.15) is 0 Å². The molecule has 0 aliphatic heterocycles. The van der Waals surface area contributed by atoms with E-state index in [-0.39, 0.29) is 22.8 Å². The zero-order valence-electron chi connectivity index (χ0n) is 13.2. The molecule has 7 heteroatoms. The lowest BCUT2D eigenvalue weighted by atomic mass is 9.86. The third-order valence-electron chi connectivity index (χ3n) is 4.09. The number of hydrogen-bond acceptors (Lipinski definition) is 6. The molecule has 0 amide bonds. The quantitative estimate of drug-likeness (QED) is 0.759. The molecule has 1 aliphatic rings. The number of sulfone groups is 1. The summed E-state index contributed by atoms with van der Waals surface area (Å²) < 4.78 is 35.9. The van der Waals surface area contributed by atoms with Crippen LogP contribution >= 0.6 is 0 Å². The zero-order chi connectivity index (χ0) is 17.0. The van der Waals surface area contributed by atoms with E-state index < -0.39 is 27.0 Å². The van der Waals surface area contributed by atoms with Crippen molar-refractivity contribution < 1.29 is 27.5 Å². The molecule has 1 saturated carbocycles. The number of ketones is 1. The number of esters is 1. The highest BCUT2D eigenvalue weighted by molar-refractivity contribution is 7.93. The van der Waals surface area contributed by atoms with Crippen LogP contribution in [0.25, 0.3) is 0 Å². The Morgan fingerprint density at radius 1 is 1.26 bits per heavy atom. The SMILES string of the molecule is COC(=O)C(C1CCCC(=O)C1)S(=O)(=O)c1ccccc1OC. The van der Waals surface area contributed by atoms with E-state index in [4.69, 9.17) is 9.47 Å². The Morgan fingerprint density at radius 2 is 1.96 bits per heavy atom. The largest absolute Gasteiger partial charge is 0.495 e. The van der Waals surface area contributed by atoms with E-state index in [1.54, 1.807) is 12.1 Å². The first-order valence-electron chi connectivity index (χ1n) is 7.38. The van der Waals surface area contributed by atoms with Gasteiger partial charge >= 0.3 is 5.97 Å². The molecule has 126 valence electrons. The monoisotopic (exact) mass is 340 g/mol. The number of methoxy groups -OCH3 is 2. The molecule has 1 aromatic rings. The van der Waals surface area contributed by atoms with Gasteiger partial charge in [0, 0.05) is 12.8 Å². The summed E-state index contributed by atoms with van der Waals surface area (Å²) in [4.78, 5) is 23.8. The molecule has 1 fully saturated rings. The van der Waals surface area contributed by atoms with E-state index in [1.807, 2.05) is 0 Å². The number of benzene rings is 1. The Balaban J connectivity index is 2.49. The predicted octanol–water partition coefficient (Wildman–Crippen LogP) is 1.77. The third kappa shape index (κ3) is 3.55. The van der Waals surface area contributed by atoms with Crippen LogP contribution < -0.4 is 4.74 Å². The molecule has 1 aromatic carbocycles. The van der Waals surface area contributed by atoms with Gasteiger partial charge in [-0.05, 0) is 30.9 Å². The Kier molecular flexibility index (Phi) is 5.41. The van der Waals surface area contributed by atoms with E-state index >= 15 is 0 Å². The lowest BCUT2D eigenvalue weighted by Crippen LogP contribution is -2.40. The standard InChI is InChI=1S/C16H20O6S/c1-21-13-8-3-4-9-14(13)23(19,20)15(16(18)22-2)11-6-5-7-12(17)10-11/h3-4,8-9,11,15H,5-7,10H2,1-2H3. The number of ether oxygens (including phenoxy) is 2. The molecule has 2 atom stereocenters. The van der Waals surface area contributed by atoms with Crippen molar-refractivity contribution in [3.63, 3.8) is 0 Å². The number of rotatable bonds is 5. The second-order valence-corrected chi connectivity index (χ2v) is 7.57. The normalized spacial score (nSPS) is 19.9. The minimum absolute atomic E-state index is 0.0228. The van der Waals surface area contributed by atoms with Gasteiger partial charge in [-0.25, -0.2) is 8.42 Å². The summed E-state index contributed by atoms with van der Waals surface area (Å²) in [6.45, 7) is 0. The molecule has 1 aliphatic carbocycles. The van der Waals surface area contributed by atoms with Gasteiger partial charge in [0.15, 0.2) is 15.1 Å². The summed E-state index contributed by atoms with van der Waals surface area (Å²) in [7, 11) is -1.51. The second kappa shape index (κ2) is 7.12. The first kappa shape index (κ1) is 17.5. The second-order valence-electron chi connectivity index (χ2n) is 5.53. The minimum Gasteiger partial charge on any atom is -0.495 e. The molecule has 0 spiro atoms. The molecule has 0 bridgehead atoms. The summed E-state index contributed by atoms with van der Waals surface area (Å²) >= 11 is 0. The fraction of sp³-hybridized carbons (Fsp3) is 0.500. The maximum atomic E-state index is 13.0. The van der Waals surface area contributed by atoms with Gasteiger partial charge in [0.1, 0.15) is 16.4 Å². The van der Waals surface area contributed by atoms with Crippen molar-refractivity contribution in [2.45, 2.75) is 35.8 Å². The van der Waals surface area contributed by atoms with Crippen LogP contribution in [0.5, 0.6) is 5.75 Å². The van der Waals surface area contributed by atoms with Crippen molar-refractivity contribution in [1.82, 2.24) is 0 Å². The topological polar surface area (TPSA) is 86.7 Å². The van der Waals surface area contributed by atoms with Gasteiger partial charge in [-0.3, -0.25) is 9.59 Å². The van der Waals surface area contributed by atoms with Crippen molar-refractivity contribution in [2.75, 3.05) is 14.2 Å². The fourth-order valence-corrected chi connectivity index (χ4v) is 5.06. The first-order valence-corrected chi connectivity index (χ1v) is 8.93.